The Hall–Kier alpha value is 0.950. The van der Waals surface area contributed by atoms with E-state index in [1.54, 1.807) is 0 Å². The Morgan fingerprint density at radius 1 is 1.27 bits per heavy atom. The van der Waals surface area contributed by atoms with Crippen LogP contribution in [-0.2, 0) is 5.33 Å². The summed E-state index contributed by atoms with van der Waals surface area (Å²) in [6, 6.07) is 3.94. The molecule has 0 saturated carbocycles. The Balaban J connectivity index is 3.25. The zero-order chi connectivity index (χ0) is 8.43. The molecule has 0 heterocycles. The lowest BCUT2D eigenvalue weighted by Crippen LogP contribution is -1.81. The van der Waals surface area contributed by atoms with Crippen LogP contribution in [0.1, 0.15) is 5.56 Å². The number of rotatable bonds is 1. The summed E-state index contributed by atoms with van der Waals surface area (Å²) in [6.07, 6.45) is 0. The second kappa shape index (κ2) is 4.26. The zero-order valence-corrected chi connectivity index (χ0v) is 10.9. The Labute approximate surface area is 95.7 Å². The first-order valence-electron chi connectivity index (χ1n) is 2.85. The minimum absolute atomic E-state index is 0.760. The SMILES string of the molecule is Clc1c(CBr)ccc(Br)c1Br. The van der Waals surface area contributed by atoms with Gasteiger partial charge in [0.25, 0.3) is 0 Å². The first-order chi connectivity index (χ1) is 5.16. The molecular formula is C7H4Br3Cl. The lowest BCUT2D eigenvalue weighted by Gasteiger charge is -2.03. The van der Waals surface area contributed by atoms with E-state index >= 15 is 0 Å². The molecule has 0 nitrogen and oxygen atoms in total. The van der Waals surface area contributed by atoms with Gasteiger partial charge in [0.2, 0.25) is 0 Å². The van der Waals surface area contributed by atoms with Crippen molar-refractivity contribution in [3.63, 3.8) is 0 Å². The average molecular weight is 363 g/mol. The highest BCUT2D eigenvalue weighted by molar-refractivity contribution is 9.13. The molecule has 1 aromatic carbocycles. The zero-order valence-electron chi connectivity index (χ0n) is 5.37. The van der Waals surface area contributed by atoms with Crippen LogP contribution < -0.4 is 0 Å². The van der Waals surface area contributed by atoms with Crippen molar-refractivity contribution >= 4 is 59.4 Å². The van der Waals surface area contributed by atoms with Gasteiger partial charge in [0.1, 0.15) is 0 Å². The number of halogens is 4. The molecule has 0 bridgehead atoms. The van der Waals surface area contributed by atoms with Crippen LogP contribution in [0, 0.1) is 0 Å². The van der Waals surface area contributed by atoms with E-state index in [2.05, 4.69) is 47.8 Å². The predicted octanol–water partition coefficient (Wildman–Crippen LogP) is 4.76. The first-order valence-corrected chi connectivity index (χ1v) is 5.93. The van der Waals surface area contributed by atoms with Crippen LogP contribution in [0.3, 0.4) is 0 Å². The number of hydrogen-bond acceptors (Lipinski definition) is 0. The highest BCUT2D eigenvalue weighted by Gasteiger charge is 2.05. The van der Waals surface area contributed by atoms with Crippen LogP contribution in [0.5, 0.6) is 0 Å². The van der Waals surface area contributed by atoms with Gasteiger partial charge in [-0.25, -0.2) is 0 Å². The van der Waals surface area contributed by atoms with Gasteiger partial charge >= 0.3 is 0 Å². The minimum atomic E-state index is 0.760. The van der Waals surface area contributed by atoms with Gasteiger partial charge in [-0.1, -0.05) is 33.6 Å². The molecule has 0 spiro atoms. The van der Waals surface area contributed by atoms with Crippen molar-refractivity contribution < 1.29 is 0 Å². The summed E-state index contributed by atoms with van der Waals surface area (Å²) >= 11 is 16.1. The number of alkyl halides is 1. The maximum atomic E-state index is 5.99. The summed E-state index contributed by atoms with van der Waals surface area (Å²) in [4.78, 5) is 0. The van der Waals surface area contributed by atoms with Crippen LogP contribution in [0.4, 0.5) is 0 Å². The monoisotopic (exact) mass is 360 g/mol. The van der Waals surface area contributed by atoms with E-state index < -0.39 is 0 Å². The summed E-state index contributed by atoms with van der Waals surface area (Å²) in [6.45, 7) is 0. The van der Waals surface area contributed by atoms with Crippen LogP contribution in [0.2, 0.25) is 5.02 Å². The van der Waals surface area contributed by atoms with Gasteiger partial charge in [-0.3, -0.25) is 0 Å². The fourth-order valence-electron chi connectivity index (χ4n) is 0.669. The molecule has 0 N–H and O–H groups in total. The smallest absolute Gasteiger partial charge is 0.0600 e. The second-order valence-corrected chi connectivity index (χ2v) is 4.55. The van der Waals surface area contributed by atoms with Crippen molar-refractivity contribution in [3.8, 4) is 0 Å². The van der Waals surface area contributed by atoms with Crippen molar-refractivity contribution in [2.45, 2.75) is 5.33 Å². The van der Waals surface area contributed by atoms with Crippen LogP contribution in [0.25, 0.3) is 0 Å². The summed E-state index contributed by atoms with van der Waals surface area (Å²) < 4.78 is 1.89. The largest absolute Gasteiger partial charge is 0.0876 e. The summed E-state index contributed by atoms with van der Waals surface area (Å²) in [5.74, 6) is 0. The van der Waals surface area contributed by atoms with E-state index in [1.807, 2.05) is 12.1 Å². The van der Waals surface area contributed by atoms with Crippen molar-refractivity contribution in [1.82, 2.24) is 0 Å². The molecule has 1 aromatic rings. The van der Waals surface area contributed by atoms with Crippen LogP contribution in [0.15, 0.2) is 21.1 Å². The molecule has 0 radical (unpaired) electrons. The minimum Gasteiger partial charge on any atom is -0.0876 e. The fourth-order valence-corrected chi connectivity index (χ4v) is 2.36. The molecule has 1 rings (SSSR count). The van der Waals surface area contributed by atoms with Gasteiger partial charge in [0.15, 0.2) is 0 Å². The van der Waals surface area contributed by atoms with Gasteiger partial charge < -0.3 is 0 Å². The molecular weight excluding hydrogens is 359 g/mol. The molecule has 0 aromatic heterocycles. The van der Waals surface area contributed by atoms with Crippen molar-refractivity contribution in [1.29, 1.82) is 0 Å². The predicted molar refractivity (Wildman–Crippen MR) is 59.5 cm³/mol. The fraction of sp³-hybridized carbons (Fsp3) is 0.143. The molecule has 0 aliphatic rings. The molecule has 11 heavy (non-hydrogen) atoms. The third-order valence-corrected chi connectivity index (χ3v) is 4.54. The van der Waals surface area contributed by atoms with Gasteiger partial charge in [-0.05, 0) is 43.5 Å². The molecule has 0 atom stereocenters. The third-order valence-electron chi connectivity index (χ3n) is 1.26. The quantitative estimate of drug-likeness (QED) is 0.499. The topological polar surface area (TPSA) is 0 Å². The van der Waals surface area contributed by atoms with Crippen molar-refractivity contribution in [2.24, 2.45) is 0 Å². The Morgan fingerprint density at radius 3 is 2.45 bits per heavy atom. The molecule has 0 fully saturated rings. The van der Waals surface area contributed by atoms with E-state index in [0.29, 0.717) is 0 Å². The Bertz CT molecular complexity index is 273. The molecule has 0 unspecified atom stereocenters. The van der Waals surface area contributed by atoms with Gasteiger partial charge in [0, 0.05) is 9.80 Å². The summed E-state index contributed by atoms with van der Waals surface area (Å²) in [5.41, 5.74) is 1.08. The van der Waals surface area contributed by atoms with E-state index in [4.69, 9.17) is 11.6 Å². The number of hydrogen-bond donors (Lipinski definition) is 0. The highest BCUT2D eigenvalue weighted by Crippen LogP contribution is 2.33. The molecule has 0 saturated heterocycles. The average Bonchev–Trinajstić information content (AvgIpc) is 2.01. The molecule has 0 aliphatic heterocycles. The van der Waals surface area contributed by atoms with Crippen molar-refractivity contribution in [2.75, 3.05) is 0 Å². The lowest BCUT2D eigenvalue weighted by molar-refractivity contribution is 1.40. The number of benzene rings is 1. The highest BCUT2D eigenvalue weighted by atomic mass is 79.9. The Kier molecular flexibility index (Phi) is 3.89. The molecule has 60 valence electrons. The molecule has 4 heteroatoms. The van der Waals surface area contributed by atoms with Crippen LogP contribution in [-0.4, -0.2) is 0 Å². The third kappa shape index (κ3) is 2.20. The van der Waals surface area contributed by atoms with Gasteiger partial charge in [-0.15, -0.1) is 0 Å². The maximum Gasteiger partial charge on any atom is 0.0600 e. The first kappa shape index (κ1) is 10.0. The van der Waals surface area contributed by atoms with Gasteiger partial charge in [0.05, 0.1) is 9.50 Å². The Morgan fingerprint density at radius 2 is 1.91 bits per heavy atom. The van der Waals surface area contributed by atoms with E-state index in [-0.39, 0.29) is 0 Å². The van der Waals surface area contributed by atoms with Crippen LogP contribution >= 0.6 is 59.4 Å². The standard InChI is InChI=1S/C7H4Br3Cl/c8-3-4-1-2-5(9)6(10)7(4)11/h1-2H,3H2. The van der Waals surface area contributed by atoms with E-state index in [1.165, 1.54) is 0 Å². The van der Waals surface area contributed by atoms with Crippen molar-refractivity contribution in [3.05, 3.63) is 31.7 Å². The van der Waals surface area contributed by atoms with Gasteiger partial charge in [-0.2, -0.15) is 0 Å². The molecule has 0 aliphatic carbocycles. The second-order valence-electron chi connectivity index (χ2n) is 1.97. The summed E-state index contributed by atoms with van der Waals surface area (Å²) in [5, 5.41) is 1.54. The lowest BCUT2D eigenvalue weighted by atomic mass is 10.2. The van der Waals surface area contributed by atoms with E-state index in [9.17, 15) is 0 Å². The maximum absolute atomic E-state index is 5.99. The molecule has 0 amide bonds. The normalized spacial score (nSPS) is 10.2. The summed E-state index contributed by atoms with van der Waals surface area (Å²) in [7, 11) is 0. The van der Waals surface area contributed by atoms with E-state index in [0.717, 1.165) is 24.9 Å².